The van der Waals surface area contributed by atoms with Crippen molar-refractivity contribution in [3.8, 4) is 44.5 Å². The third-order valence-corrected chi connectivity index (χ3v) is 21.5. The van der Waals surface area contributed by atoms with Crippen LogP contribution in [0.15, 0.2) is 140 Å². The molecule has 122 heavy (non-hydrogen) atoms. The molecule has 654 valence electrons. The molecule has 5 amide bonds. The highest BCUT2D eigenvalue weighted by Gasteiger charge is 2.47. The summed E-state index contributed by atoms with van der Waals surface area (Å²) in [6.45, 7) is -3.65. The molecule has 0 spiro atoms. The van der Waals surface area contributed by atoms with Gasteiger partial charge in [-0.1, -0.05) is 103 Å². The fourth-order valence-corrected chi connectivity index (χ4v) is 14.9. The van der Waals surface area contributed by atoms with Crippen molar-refractivity contribution in [2.45, 2.75) is 136 Å². The summed E-state index contributed by atoms with van der Waals surface area (Å²) < 4.78 is 49.5. The first-order valence-electron chi connectivity index (χ1n) is 40.5. The number of amides is 5. The molecule has 35 nitrogen and oxygen atoms in total. The van der Waals surface area contributed by atoms with E-state index in [1.54, 1.807) is 24.3 Å². The Bertz CT molecular complexity index is 4650. The number of hydrogen-bond acceptors (Lipinski definition) is 28. The molecule has 3 fully saturated rings. The number of aromatic nitrogens is 4. The van der Waals surface area contributed by atoms with Gasteiger partial charge in [-0.15, -0.1) is 0 Å². The number of nitrogens with zero attached hydrogens (tertiary/aromatic N) is 2. The number of rotatable bonds is 41. The van der Waals surface area contributed by atoms with Gasteiger partial charge in [-0.05, 0) is 102 Å². The molecule has 8 bridgehead atoms. The van der Waals surface area contributed by atoms with E-state index in [-0.39, 0.29) is 123 Å². The third-order valence-electron chi connectivity index (χ3n) is 21.5. The molecule has 0 unspecified atom stereocenters. The SMILES string of the molecule is O=C(CCC(CCC(=O)NCCOCCO[C@@H]1O[C@H](CO)[C@@H](O)[C@H](O)[C@H]1O)(CCC(=O)NCCOCCO[C@@H]1O[C@H](CO)[C@@H](O)[C@H](O)[C@H]1O)NC(=O)CNC(=O)c1ccc(-c2c3nc(c(-c4ccccc4)c4ccc([nH]4)c(-c4ccccc4)c4nc(c(-c5ccccc5)c5ccc2[nH]5)C=C4)C=C3)cc1)NCCOCCO[C@@H]1O[C@H](CO)[C@@H](O)[C@H](O)[C@H]1O. The Kier molecular flexibility index (Phi) is 33.2. The van der Waals surface area contributed by atoms with Gasteiger partial charge in [-0.3, -0.25) is 24.0 Å². The number of nitrogens with one attached hydrogen (secondary N) is 7. The van der Waals surface area contributed by atoms with Crippen LogP contribution in [0.1, 0.15) is 71.7 Å². The molecule has 0 saturated carbocycles. The van der Waals surface area contributed by atoms with Gasteiger partial charge in [0.1, 0.15) is 73.2 Å². The van der Waals surface area contributed by atoms with Gasteiger partial charge in [-0.2, -0.15) is 0 Å². The van der Waals surface area contributed by atoms with Crippen LogP contribution in [-0.4, -0.2) is 314 Å². The standard InChI is InChI=1S/C87H105N9O26/c97-47-63-74(104)77(107)80(110)84(120-63)117-43-40-114-37-34-88-66(100)28-31-87(32-29-67(101)89-35-38-115-41-44-118-85-81(111)78(108)75(105)64(48-98)121-85,33-30-68(102)90-36-39-116-42-45-119-86-82(112)79(109)76(106)65(49-99)122-86)96-69(103)46-91-83(113)54-18-16-53(17-19-54)73-61-26-24-59(94-61)71(51-12-6-2-7-13-51)57-22-20-55(92-57)70(50-10-4-1-5-11-50)56-21-23-58(93-56)72(52-14-8-3-9-15-52)60-25-27-62(73)95-60/h1-27,63-65,74-82,84-86,92,95,97-99,104-112H,28-49H2,(H,88,100)(H,89,101)(H,90,102)(H,91,113)(H,96,103)/t63-,64-,65-,74-,75-,76-,77+,78+,79+,80-,81-,82-,84-,85-,86-/m1/s1. The zero-order chi connectivity index (χ0) is 86.2. The maximum Gasteiger partial charge on any atom is 0.251 e. The van der Waals surface area contributed by atoms with Crippen LogP contribution in [0.3, 0.4) is 0 Å². The van der Waals surface area contributed by atoms with E-state index in [9.17, 15) is 85.3 Å². The van der Waals surface area contributed by atoms with Gasteiger partial charge in [-0.25, -0.2) is 9.97 Å². The molecule has 15 atom stereocenters. The van der Waals surface area contributed by atoms with Gasteiger partial charge in [0.25, 0.3) is 5.91 Å². The van der Waals surface area contributed by atoms with Crippen molar-refractivity contribution in [1.82, 2.24) is 46.5 Å². The lowest BCUT2D eigenvalue weighted by Gasteiger charge is -2.39. The van der Waals surface area contributed by atoms with Crippen LogP contribution in [0.2, 0.25) is 0 Å². The van der Waals surface area contributed by atoms with E-state index in [4.69, 9.17) is 52.6 Å². The molecule has 3 aromatic heterocycles. The van der Waals surface area contributed by atoms with Gasteiger partial charge in [0.05, 0.1) is 109 Å². The Morgan fingerprint density at radius 1 is 0.352 bits per heavy atom. The number of benzene rings is 4. The largest absolute Gasteiger partial charge is 0.394 e. The smallest absolute Gasteiger partial charge is 0.251 e. The Balaban J connectivity index is 0.768. The van der Waals surface area contributed by atoms with E-state index >= 15 is 0 Å². The van der Waals surface area contributed by atoms with E-state index in [0.717, 1.165) is 61.3 Å². The molecule has 7 aromatic rings. The highest BCUT2D eigenvalue weighted by molar-refractivity contribution is 6.01. The van der Waals surface area contributed by atoms with Gasteiger partial charge in [0, 0.05) is 94.3 Å². The van der Waals surface area contributed by atoms with Crippen molar-refractivity contribution in [3.63, 3.8) is 0 Å². The number of carbonyl (C=O) groups excluding carboxylic acids is 5. The highest BCUT2D eigenvalue weighted by atomic mass is 16.7. The number of H-pyrrole nitrogens is 2. The molecule has 4 aromatic carbocycles. The number of hydrogen-bond donors (Lipinski definition) is 19. The third kappa shape index (κ3) is 23.5. The second-order valence-electron chi connectivity index (χ2n) is 29.8. The minimum absolute atomic E-state index is 0.0421. The Labute approximate surface area is 701 Å². The lowest BCUT2D eigenvalue weighted by molar-refractivity contribution is -0.302. The summed E-state index contributed by atoms with van der Waals surface area (Å²) in [5.41, 5.74) is 11.3. The van der Waals surface area contributed by atoms with Gasteiger partial charge >= 0.3 is 0 Å². The van der Waals surface area contributed by atoms with Crippen LogP contribution in [-0.2, 0) is 61.8 Å². The van der Waals surface area contributed by atoms with E-state index in [2.05, 4.69) is 60.8 Å². The Hall–Kier alpha value is -10.0. The van der Waals surface area contributed by atoms with Crippen molar-refractivity contribution in [3.05, 3.63) is 168 Å². The second-order valence-corrected chi connectivity index (χ2v) is 29.8. The van der Waals surface area contributed by atoms with E-state index in [1.807, 2.05) is 115 Å². The van der Waals surface area contributed by atoms with Crippen molar-refractivity contribution in [2.24, 2.45) is 0 Å². The van der Waals surface area contributed by atoms with Crippen LogP contribution >= 0.6 is 0 Å². The fraction of sp³-hybridized carbons (Fsp3) is 0.437. The molecule has 5 aliphatic heterocycles. The molecular formula is C87H105N9O26. The van der Waals surface area contributed by atoms with Crippen LogP contribution in [0.25, 0.3) is 90.9 Å². The average molecular weight is 1690 g/mol. The normalized spacial score (nSPS) is 23.3. The zero-order valence-electron chi connectivity index (χ0n) is 66.8. The summed E-state index contributed by atoms with van der Waals surface area (Å²) in [5, 5.41) is 135. The number of carbonyl (C=O) groups is 5. The van der Waals surface area contributed by atoms with Crippen molar-refractivity contribution in [1.29, 1.82) is 0 Å². The van der Waals surface area contributed by atoms with Gasteiger partial charge in [0.2, 0.25) is 23.6 Å². The number of fused-ring (bicyclic) bond motifs is 8. The van der Waals surface area contributed by atoms with E-state index < -0.39 is 154 Å². The number of ether oxygens (including phenoxy) is 9. The summed E-state index contributed by atoms with van der Waals surface area (Å²) >= 11 is 0. The lowest BCUT2D eigenvalue weighted by Crippen LogP contribution is -2.59. The topological polar surface area (TPSA) is 529 Å². The quantitative estimate of drug-likeness (QED) is 0.0239. The van der Waals surface area contributed by atoms with Crippen LogP contribution < -0.4 is 26.6 Å². The second kappa shape index (κ2) is 44.4. The highest BCUT2D eigenvalue weighted by Crippen LogP contribution is 2.40. The Morgan fingerprint density at radius 2 is 0.656 bits per heavy atom. The van der Waals surface area contributed by atoms with Gasteiger partial charge in [0.15, 0.2) is 18.9 Å². The number of aliphatic hydroxyl groups excluding tert-OH is 12. The minimum Gasteiger partial charge on any atom is -0.394 e. The molecule has 19 N–H and O–H groups in total. The summed E-state index contributed by atoms with van der Waals surface area (Å²) in [6, 6.07) is 45.0. The minimum atomic E-state index is -1.66. The summed E-state index contributed by atoms with van der Waals surface area (Å²) in [7, 11) is 0. The molecule has 8 heterocycles. The average Bonchev–Trinajstić information content (AvgIpc) is 1.60. The maximum absolute atomic E-state index is 14.6. The molecule has 35 heteroatoms. The molecular weight excluding hydrogens is 1590 g/mol. The van der Waals surface area contributed by atoms with Crippen LogP contribution in [0.5, 0.6) is 0 Å². The number of aliphatic hydroxyl groups is 12. The first-order chi connectivity index (χ1) is 59.1. The van der Waals surface area contributed by atoms with E-state index in [1.165, 1.54) is 0 Å². The predicted octanol–water partition coefficient (Wildman–Crippen LogP) is 1.10. The van der Waals surface area contributed by atoms with E-state index in [0.29, 0.717) is 28.0 Å². The summed E-state index contributed by atoms with van der Waals surface area (Å²) in [5.74, 6) is -3.00. The van der Waals surface area contributed by atoms with Crippen LogP contribution in [0, 0.1) is 0 Å². The van der Waals surface area contributed by atoms with Crippen LogP contribution in [0.4, 0.5) is 0 Å². The number of aromatic amines is 2. The van der Waals surface area contributed by atoms with Crippen molar-refractivity contribution in [2.75, 3.05) is 105 Å². The first kappa shape index (κ1) is 91.2. The molecule has 12 rings (SSSR count). The zero-order valence-corrected chi connectivity index (χ0v) is 66.8. The molecule has 0 aliphatic carbocycles. The van der Waals surface area contributed by atoms with Crippen molar-refractivity contribution >= 4 is 75.9 Å². The molecule has 5 aliphatic rings. The molecule has 0 radical (unpaired) electrons. The predicted molar refractivity (Wildman–Crippen MR) is 442 cm³/mol. The lowest BCUT2D eigenvalue weighted by atomic mass is 9.83. The van der Waals surface area contributed by atoms with Crippen molar-refractivity contribution < 1.29 is 128 Å². The molecule has 3 saturated heterocycles. The maximum atomic E-state index is 14.6. The summed E-state index contributed by atoms with van der Waals surface area (Å²) in [4.78, 5) is 88.9. The summed E-state index contributed by atoms with van der Waals surface area (Å²) in [6.07, 6.45) is -15.8. The monoisotopic (exact) mass is 1690 g/mol. The Morgan fingerprint density at radius 3 is 0.959 bits per heavy atom. The fourth-order valence-electron chi connectivity index (χ4n) is 14.9. The first-order valence-corrected chi connectivity index (χ1v) is 40.5. The van der Waals surface area contributed by atoms with Gasteiger partial charge < -0.3 is 140 Å².